The molecular weight excluding hydrogens is 434 g/mol. The number of carbonyl (C=O) groups is 1. The lowest BCUT2D eigenvalue weighted by atomic mass is 10.1. The first-order valence-electron chi connectivity index (χ1n) is 10.4. The van der Waals surface area contributed by atoms with Crippen LogP contribution in [0.15, 0.2) is 78.0 Å². The van der Waals surface area contributed by atoms with Gasteiger partial charge in [0.15, 0.2) is 10.8 Å². The summed E-state index contributed by atoms with van der Waals surface area (Å²) < 4.78 is 7.14. The quantitative estimate of drug-likeness (QED) is 0.363. The molecule has 0 fully saturated rings. The van der Waals surface area contributed by atoms with Crippen molar-refractivity contribution in [3.8, 4) is 17.1 Å². The highest BCUT2D eigenvalue weighted by Crippen LogP contribution is 2.29. The minimum Gasteiger partial charge on any atom is -0.497 e. The number of aromatic nitrogens is 4. The highest BCUT2D eigenvalue weighted by molar-refractivity contribution is 7.99. The summed E-state index contributed by atoms with van der Waals surface area (Å²) in [7, 11) is 1.59. The number of anilines is 1. The molecule has 0 bridgehead atoms. The number of thioether (sulfide) groups is 1. The Morgan fingerprint density at radius 1 is 1.03 bits per heavy atom. The van der Waals surface area contributed by atoms with Crippen molar-refractivity contribution < 1.29 is 9.53 Å². The summed E-state index contributed by atoms with van der Waals surface area (Å²) in [5.41, 5.74) is 4.37. The van der Waals surface area contributed by atoms with Crippen LogP contribution in [-0.2, 0) is 4.79 Å². The SMILES string of the molecule is COc1cccc(NC(=O)CSc2nnc3c4ccccc4nc(-c4ccc(C)cc4)n23)c1. The van der Waals surface area contributed by atoms with E-state index in [0.717, 1.165) is 22.3 Å². The second-order valence-corrected chi connectivity index (χ2v) is 8.47. The van der Waals surface area contributed by atoms with Gasteiger partial charge in [-0.1, -0.05) is 59.8 Å². The Labute approximate surface area is 194 Å². The van der Waals surface area contributed by atoms with Gasteiger partial charge in [-0.15, -0.1) is 10.2 Å². The normalized spacial score (nSPS) is 11.1. The van der Waals surface area contributed by atoms with Crippen LogP contribution in [0.2, 0.25) is 0 Å². The van der Waals surface area contributed by atoms with Crippen molar-refractivity contribution in [2.24, 2.45) is 0 Å². The summed E-state index contributed by atoms with van der Waals surface area (Å²) in [4.78, 5) is 17.5. The molecule has 5 rings (SSSR count). The molecular formula is C25H21N5O2S. The average molecular weight is 456 g/mol. The Morgan fingerprint density at radius 3 is 2.67 bits per heavy atom. The first-order valence-corrected chi connectivity index (χ1v) is 11.4. The summed E-state index contributed by atoms with van der Waals surface area (Å²) in [6, 6.07) is 23.3. The van der Waals surface area contributed by atoms with E-state index in [1.807, 2.05) is 65.9 Å². The van der Waals surface area contributed by atoms with Gasteiger partial charge >= 0.3 is 0 Å². The highest BCUT2D eigenvalue weighted by Gasteiger charge is 2.17. The van der Waals surface area contributed by atoms with Crippen LogP contribution >= 0.6 is 11.8 Å². The van der Waals surface area contributed by atoms with Gasteiger partial charge in [-0.05, 0) is 31.2 Å². The van der Waals surface area contributed by atoms with Gasteiger partial charge in [0.05, 0.1) is 18.4 Å². The second-order valence-electron chi connectivity index (χ2n) is 7.53. The summed E-state index contributed by atoms with van der Waals surface area (Å²) in [6.45, 7) is 2.05. The zero-order chi connectivity index (χ0) is 22.8. The molecule has 5 aromatic rings. The zero-order valence-electron chi connectivity index (χ0n) is 18.1. The zero-order valence-corrected chi connectivity index (χ0v) is 19.0. The predicted octanol–water partition coefficient (Wildman–Crippen LogP) is 4.99. The molecule has 0 unspecified atom stereocenters. The molecule has 3 aromatic carbocycles. The van der Waals surface area contributed by atoms with Crippen molar-refractivity contribution in [3.05, 3.63) is 78.4 Å². The van der Waals surface area contributed by atoms with Gasteiger partial charge in [-0.3, -0.25) is 9.20 Å². The molecule has 33 heavy (non-hydrogen) atoms. The fourth-order valence-corrected chi connectivity index (χ4v) is 4.31. The van der Waals surface area contributed by atoms with Crippen LogP contribution in [0.1, 0.15) is 5.56 Å². The molecule has 7 nitrogen and oxygen atoms in total. The largest absolute Gasteiger partial charge is 0.497 e. The van der Waals surface area contributed by atoms with Crippen molar-refractivity contribution in [3.63, 3.8) is 0 Å². The lowest BCUT2D eigenvalue weighted by Gasteiger charge is -2.10. The Morgan fingerprint density at radius 2 is 1.85 bits per heavy atom. The molecule has 0 aliphatic heterocycles. The van der Waals surface area contributed by atoms with Gasteiger partial charge in [0, 0.05) is 22.7 Å². The Bertz CT molecular complexity index is 1460. The third kappa shape index (κ3) is 4.25. The van der Waals surface area contributed by atoms with E-state index >= 15 is 0 Å². The minimum absolute atomic E-state index is 0.143. The Hall–Kier alpha value is -3.91. The van der Waals surface area contributed by atoms with Gasteiger partial charge in [0.1, 0.15) is 11.6 Å². The molecule has 0 radical (unpaired) electrons. The van der Waals surface area contributed by atoms with E-state index in [-0.39, 0.29) is 11.7 Å². The number of amides is 1. The number of hydrogen-bond acceptors (Lipinski definition) is 6. The van der Waals surface area contributed by atoms with Gasteiger partial charge in [-0.2, -0.15) is 0 Å². The number of fused-ring (bicyclic) bond motifs is 3. The van der Waals surface area contributed by atoms with Crippen molar-refractivity contribution >= 4 is 39.9 Å². The van der Waals surface area contributed by atoms with Crippen molar-refractivity contribution in [1.82, 2.24) is 19.6 Å². The standard InChI is InChI=1S/C25H21N5O2S/c1-16-10-12-17(13-11-16)23-27-21-9-4-3-8-20(21)24-28-29-25(30(23)24)33-15-22(31)26-18-6-5-7-19(14-18)32-2/h3-14H,15H2,1-2H3,(H,26,31). The molecule has 1 amide bonds. The van der Waals surface area contributed by atoms with Gasteiger partial charge < -0.3 is 10.1 Å². The number of hydrogen-bond donors (Lipinski definition) is 1. The van der Waals surface area contributed by atoms with Crippen LogP contribution in [0, 0.1) is 6.92 Å². The third-order valence-electron chi connectivity index (χ3n) is 5.21. The molecule has 1 N–H and O–H groups in total. The Balaban J connectivity index is 1.48. The predicted molar refractivity (Wildman–Crippen MR) is 131 cm³/mol. The number of carbonyl (C=O) groups excluding carboxylic acids is 1. The number of nitrogens with zero attached hydrogens (tertiary/aromatic N) is 4. The molecule has 8 heteroatoms. The molecule has 0 aliphatic carbocycles. The van der Waals surface area contributed by atoms with Gasteiger partial charge in [0.25, 0.3) is 0 Å². The first-order chi connectivity index (χ1) is 16.1. The van der Waals surface area contributed by atoms with E-state index < -0.39 is 0 Å². The monoisotopic (exact) mass is 455 g/mol. The number of methoxy groups -OCH3 is 1. The summed E-state index contributed by atoms with van der Waals surface area (Å²) in [6.07, 6.45) is 0. The van der Waals surface area contributed by atoms with Crippen LogP contribution in [0.3, 0.4) is 0 Å². The highest BCUT2D eigenvalue weighted by atomic mass is 32.2. The molecule has 0 saturated heterocycles. The number of para-hydroxylation sites is 1. The number of rotatable bonds is 6. The van der Waals surface area contributed by atoms with Crippen molar-refractivity contribution in [1.29, 1.82) is 0 Å². The molecule has 0 spiro atoms. The molecule has 0 saturated carbocycles. The van der Waals surface area contributed by atoms with Gasteiger partial charge in [0.2, 0.25) is 5.91 Å². The summed E-state index contributed by atoms with van der Waals surface area (Å²) >= 11 is 1.32. The maximum absolute atomic E-state index is 12.6. The average Bonchev–Trinajstić information content (AvgIpc) is 3.27. The molecule has 2 heterocycles. The topological polar surface area (TPSA) is 81.4 Å². The molecule has 164 valence electrons. The van der Waals surface area contributed by atoms with E-state index in [9.17, 15) is 4.79 Å². The van der Waals surface area contributed by atoms with E-state index in [1.165, 1.54) is 17.3 Å². The van der Waals surface area contributed by atoms with Crippen LogP contribution in [-0.4, -0.2) is 38.4 Å². The lowest BCUT2D eigenvalue weighted by molar-refractivity contribution is -0.113. The van der Waals surface area contributed by atoms with E-state index in [4.69, 9.17) is 9.72 Å². The smallest absolute Gasteiger partial charge is 0.234 e. The number of benzene rings is 3. The minimum atomic E-state index is -0.143. The van der Waals surface area contributed by atoms with Crippen molar-refractivity contribution in [2.75, 3.05) is 18.2 Å². The van der Waals surface area contributed by atoms with E-state index in [2.05, 4.69) is 27.6 Å². The lowest BCUT2D eigenvalue weighted by Crippen LogP contribution is -2.14. The summed E-state index contributed by atoms with van der Waals surface area (Å²) in [5, 5.41) is 13.2. The first kappa shape index (κ1) is 21.0. The maximum Gasteiger partial charge on any atom is 0.234 e. The van der Waals surface area contributed by atoms with Crippen LogP contribution in [0.25, 0.3) is 27.9 Å². The number of ether oxygens (including phenoxy) is 1. The fraction of sp³-hybridized carbons (Fsp3) is 0.120. The third-order valence-corrected chi connectivity index (χ3v) is 6.14. The number of aryl methyl sites for hydroxylation is 1. The molecule has 0 aliphatic rings. The fourth-order valence-electron chi connectivity index (χ4n) is 3.58. The Kier molecular flexibility index (Phi) is 5.66. The van der Waals surface area contributed by atoms with Crippen LogP contribution < -0.4 is 10.1 Å². The number of nitrogens with one attached hydrogen (secondary N) is 1. The van der Waals surface area contributed by atoms with Gasteiger partial charge in [-0.25, -0.2) is 4.98 Å². The van der Waals surface area contributed by atoms with E-state index in [0.29, 0.717) is 22.2 Å². The maximum atomic E-state index is 12.6. The van der Waals surface area contributed by atoms with E-state index in [1.54, 1.807) is 13.2 Å². The molecule has 2 aromatic heterocycles. The second kappa shape index (κ2) is 8.91. The van der Waals surface area contributed by atoms with Crippen molar-refractivity contribution in [2.45, 2.75) is 12.1 Å². The summed E-state index contributed by atoms with van der Waals surface area (Å²) in [5.74, 6) is 1.46. The molecule has 0 atom stereocenters. The van der Waals surface area contributed by atoms with Crippen LogP contribution in [0.5, 0.6) is 5.75 Å². The van der Waals surface area contributed by atoms with Crippen LogP contribution in [0.4, 0.5) is 5.69 Å².